The maximum Gasteiger partial charge on any atom is 0.294 e. The number of nitrogens with one attached hydrogen (secondary N) is 2. The molecule has 4 N–H and O–H groups in total. The van der Waals surface area contributed by atoms with Crippen molar-refractivity contribution in [3.05, 3.63) is 64.0 Å². The number of nitrogen functional groups attached to an aromatic ring is 1. The molecule has 0 amide bonds. The van der Waals surface area contributed by atoms with Gasteiger partial charge in [-0.25, -0.2) is 4.39 Å². The quantitative estimate of drug-likeness (QED) is 0.347. The maximum atomic E-state index is 12.8. The van der Waals surface area contributed by atoms with Gasteiger partial charge < -0.3 is 16.4 Å². The van der Waals surface area contributed by atoms with Gasteiger partial charge in [-0.1, -0.05) is 12.1 Å². The summed E-state index contributed by atoms with van der Waals surface area (Å²) in [6.07, 6.45) is 0. The molecule has 6 nitrogen and oxygen atoms in total. The lowest BCUT2D eigenvalue weighted by atomic mass is 10.2. The van der Waals surface area contributed by atoms with Crippen molar-refractivity contribution in [1.82, 2.24) is 5.32 Å². The number of halogens is 1. The SMILES string of the molecule is Nc1ccc(NC(=S)NCc2ccc(F)cc2)cc1[N+](=O)[O-]. The number of nitrogens with zero attached hydrogens (tertiary/aromatic N) is 1. The second-order valence-corrected chi connectivity index (χ2v) is 4.87. The molecule has 0 saturated carbocycles. The van der Waals surface area contributed by atoms with Gasteiger partial charge in [-0.2, -0.15) is 0 Å². The Labute approximate surface area is 131 Å². The topological polar surface area (TPSA) is 93.2 Å². The highest BCUT2D eigenvalue weighted by molar-refractivity contribution is 7.80. The van der Waals surface area contributed by atoms with Crippen molar-refractivity contribution in [2.75, 3.05) is 11.1 Å². The number of thiocarbonyl (C=S) groups is 1. The van der Waals surface area contributed by atoms with Crippen molar-refractivity contribution in [1.29, 1.82) is 0 Å². The first-order chi connectivity index (χ1) is 10.5. The molecule has 114 valence electrons. The summed E-state index contributed by atoms with van der Waals surface area (Å²) in [6, 6.07) is 10.3. The van der Waals surface area contributed by atoms with Gasteiger partial charge in [0.25, 0.3) is 5.69 Å². The number of nitrogens with two attached hydrogens (primary N) is 1. The Bertz CT molecular complexity index is 706. The van der Waals surface area contributed by atoms with Gasteiger partial charge in [-0.3, -0.25) is 10.1 Å². The van der Waals surface area contributed by atoms with E-state index in [4.69, 9.17) is 18.0 Å². The minimum absolute atomic E-state index is 0.0840. The van der Waals surface area contributed by atoms with E-state index in [-0.39, 0.29) is 17.2 Å². The van der Waals surface area contributed by atoms with Crippen LogP contribution in [0.25, 0.3) is 0 Å². The summed E-state index contributed by atoms with van der Waals surface area (Å²) in [4.78, 5) is 10.3. The zero-order valence-electron chi connectivity index (χ0n) is 11.4. The van der Waals surface area contributed by atoms with Crippen LogP contribution in [0.2, 0.25) is 0 Å². The number of benzene rings is 2. The lowest BCUT2D eigenvalue weighted by Crippen LogP contribution is -2.27. The zero-order valence-corrected chi connectivity index (χ0v) is 12.2. The van der Waals surface area contributed by atoms with E-state index in [1.807, 2.05) is 0 Å². The van der Waals surface area contributed by atoms with E-state index in [2.05, 4.69) is 10.6 Å². The third-order valence-corrected chi connectivity index (χ3v) is 3.10. The Kier molecular flexibility index (Phi) is 4.84. The van der Waals surface area contributed by atoms with Crippen LogP contribution in [-0.2, 0) is 6.54 Å². The number of hydrogen-bond acceptors (Lipinski definition) is 4. The van der Waals surface area contributed by atoms with Crippen LogP contribution in [0.5, 0.6) is 0 Å². The Balaban J connectivity index is 1.96. The monoisotopic (exact) mass is 320 g/mol. The largest absolute Gasteiger partial charge is 0.393 e. The van der Waals surface area contributed by atoms with E-state index < -0.39 is 4.92 Å². The maximum absolute atomic E-state index is 12.8. The highest BCUT2D eigenvalue weighted by atomic mass is 32.1. The summed E-state index contributed by atoms with van der Waals surface area (Å²) < 4.78 is 12.8. The fraction of sp³-hybridized carbons (Fsp3) is 0.0714. The molecular formula is C14H13FN4O2S. The fourth-order valence-corrected chi connectivity index (χ4v) is 1.93. The van der Waals surface area contributed by atoms with Gasteiger partial charge in [0.2, 0.25) is 0 Å². The molecule has 0 aliphatic heterocycles. The fourth-order valence-electron chi connectivity index (χ4n) is 1.74. The van der Waals surface area contributed by atoms with E-state index in [1.54, 1.807) is 18.2 Å². The highest BCUT2D eigenvalue weighted by Crippen LogP contribution is 2.24. The minimum atomic E-state index is -0.560. The van der Waals surface area contributed by atoms with E-state index in [0.717, 1.165) is 5.56 Å². The molecule has 0 heterocycles. The van der Waals surface area contributed by atoms with Gasteiger partial charge in [0.1, 0.15) is 11.5 Å². The number of anilines is 2. The van der Waals surface area contributed by atoms with Crippen molar-refractivity contribution < 1.29 is 9.31 Å². The van der Waals surface area contributed by atoms with E-state index >= 15 is 0 Å². The molecule has 0 aromatic heterocycles. The molecule has 0 aliphatic carbocycles. The molecule has 0 atom stereocenters. The molecule has 0 fully saturated rings. The molecule has 22 heavy (non-hydrogen) atoms. The molecule has 0 radical (unpaired) electrons. The molecule has 0 bridgehead atoms. The molecule has 0 spiro atoms. The van der Waals surface area contributed by atoms with Crippen LogP contribution in [-0.4, -0.2) is 10.0 Å². The summed E-state index contributed by atoms with van der Waals surface area (Å²) >= 11 is 5.11. The Hall–Kier alpha value is -2.74. The molecule has 8 heteroatoms. The van der Waals surface area contributed by atoms with Gasteiger partial charge in [0, 0.05) is 18.3 Å². The van der Waals surface area contributed by atoms with Crippen LogP contribution < -0.4 is 16.4 Å². The molecule has 2 aromatic rings. The summed E-state index contributed by atoms with van der Waals surface area (Å²) in [5, 5.41) is 16.9. The molecule has 2 rings (SSSR count). The zero-order chi connectivity index (χ0) is 16.1. The second-order valence-electron chi connectivity index (χ2n) is 4.46. The summed E-state index contributed by atoms with van der Waals surface area (Å²) in [5.41, 5.74) is 6.73. The Morgan fingerprint density at radius 1 is 1.27 bits per heavy atom. The Morgan fingerprint density at radius 2 is 1.95 bits per heavy atom. The number of nitro groups is 1. The first-order valence-corrected chi connectivity index (χ1v) is 6.70. The average molecular weight is 320 g/mol. The number of hydrogen-bond donors (Lipinski definition) is 3. The summed E-state index contributed by atoms with van der Waals surface area (Å²) in [7, 11) is 0. The lowest BCUT2D eigenvalue weighted by molar-refractivity contribution is -0.383. The summed E-state index contributed by atoms with van der Waals surface area (Å²) in [6.45, 7) is 0.406. The molecule has 0 unspecified atom stereocenters. The average Bonchev–Trinajstić information content (AvgIpc) is 2.48. The van der Waals surface area contributed by atoms with Gasteiger partial charge >= 0.3 is 0 Å². The number of nitro benzene ring substituents is 1. The number of rotatable bonds is 4. The van der Waals surface area contributed by atoms with Crippen molar-refractivity contribution in [2.45, 2.75) is 6.54 Å². The molecule has 0 aliphatic rings. The van der Waals surface area contributed by atoms with E-state index in [9.17, 15) is 14.5 Å². The van der Waals surface area contributed by atoms with Crippen LogP contribution in [0.3, 0.4) is 0 Å². The first kappa shape index (κ1) is 15.6. The van der Waals surface area contributed by atoms with Crippen molar-refractivity contribution in [2.24, 2.45) is 0 Å². The second kappa shape index (κ2) is 6.81. The summed E-state index contributed by atoms with van der Waals surface area (Å²) in [5.74, 6) is -0.307. The van der Waals surface area contributed by atoms with Crippen molar-refractivity contribution >= 4 is 34.4 Å². The molecule has 2 aromatic carbocycles. The lowest BCUT2D eigenvalue weighted by Gasteiger charge is -2.11. The van der Waals surface area contributed by atoms with Gasteiger partial charge in [-0.05, 0) is 42.0 Å². The van der Waals surface area contributed by atoms with Gasteiger partial charge in [0.05, 0.1) is 4.92 Å². The van der Waals surface area contributed by atoms with E-state index in [1.165, 1.54) is 24.3 Å². The van der Waals surface area contributed by atoms with Crippen LogP contribution in [0.1, 0.15) is 5.56 Å². The highest BCUT2D eigenvalue weighted by Gasteiger charge is 2.12. The van der Waals surface area contributed by atoms with Crippen LogP contribution in [0.4, 0.5) is 21.5 Å². The van der Waals surface area contributed by atoms with Crippen LogP contribution >= 0.6 is 12.2 Å². The van der Waals surface area contributed by atoms with Crippen LogP contribution in [0, 0.1) is 15.9 Å². The van der Waals surface area contributed by atoms with Crippen LogP contribution in [0.15, 0.2) is 42.5 Å². The minimum Gasteiger partial charge on any atom is -0.393 e. The normalized spacial score (nSPS) is 10.0. The Morgan fingerprint density at radius 3 is 2.59 bits per heavy atom. The molecular weight excluding hydrogens is 307 g/mol. The van der Waals surface area contributed by atoms with Crippen molar-refractivity contribution in [3.8, 4) is 0 Å². The molecule has 0 saturated heterocycles. The predicted molar refractivity (Wildman–Crippen MR) is 87.0 cm³/mol. The first-order valence-electron chi connectivity index (χ1n) is 6.29. The third-order valence-electron chi connectivity index (χ3n) is 2.85. The van der Waals surface area contributed by atoms with E-state index in [0.29, 0.717) is 17.3 Å². The van der Waals surface area contributed by atoms with Gasteiger partial charge in [-0.15, -0.1) is 0 Å². The standard InChI is InChI=1S/C14H13FN4O2S/c15-10-3-1-9(2-4-10)8-17-14(22)18-11-5-6-12(16)13(7-11)19(20)21/h1-7H,8,16H2,(H2,17,18,22). The third kappa shape index (κ3) is 4.13. The van der Waals surface area contributed by atoms with Gasteiger partial charge in [0.15, 0.2) is 5.11 Å². The van der Waals surface area contributed by atoms with Crippen molar-refractivity contribution in [3.63, 3.8) is 0 Å². The predicted octanol–water partition coefficient (Wildman–Crippen LogP) is 2.80. The smallest absolute Gasteiger partial charge is 0.294 e.